The first kappa shape index (κ1) is 14.5. The number of amides is 1. The Labute approximate surface area is 139 Å². The molecule has 4 rings (SSSR count). The second kappa shape index (κ2) is 5.52. The third kappa shape index (κ3) is 2.09. The molecule has 2 N–H and O–H groups in total. The average molecular weight is 322 g/mol. The van der Waals surface area contributed by atoms with Gasteiger partial charge in [0.15, 0.2) is 0 Å². The van der Waals surface area contributed by atoms with E-state index in [4.69, 9.17) is 0 Å². The fourth-order valence-electron chi connectivity index (χ4n) is 3.21. The van der Waals surface area contributed by atoms with Gasteiger partial charge < -0.3 is 15.1 Å². The molecule has 2 aliphatic heterocycles. The molecule has 7 heteroatoms. The zero-order valence-corrected chi connectivity index (χ0v) is 13.5. The van der Waals surface area contributed by atoms with Crippen LogP contribution >= 0.6 is 0 Å². The fourth-order valence-corrected chi connectivity index (χ4v) is 3.21. The van der Waals surface area contributed by atoms with Crippen LogP contribution in [-0.4, -0.2) is 44.5 Å². The molecule has 2 aromatic rings. The monoisotopic (exact) mass is 322 g/mol. The Balaban J connectivity index is 1.83. The van der Waals surface area contributed by atoms with Crippen LogP contribution in [-0.2, 0) is 0 Å². The third-order valence-corrected chi connectivity index (χ3v) is 4.44. The summed E-state index contributed by atoms with van der Waals surface area (Å²) >= 11 is 0. The number of nitrogens with zero attached hydrogens (tertiary/aromatic N) is 4. The largest absolute Gasteiger partial charge is 0.346 e. The lowest BCUT2D eigenvalue weighted by Crippen LogP contribution is -2.36. The molecule has 0 saturated carbocycles. The molecule has 0 bridgehead atoms. The van der Waals surface area contributed by atoms with Gasteiger partial charge >= 0.3 is 0 Å². The highest BCUT2D eigenvalue weighted by Gasteiger charge is 2.33. The Morgan fingerprint density at radius 1 is 1.38 bits per heavy atom. The van der Waals surface area contributed by atoms with E-state index in [0.717, 1.165) is 23.6 Å². The standard InChI is InChI=1S/C17H18N6O/c1-3-23-13(11-9-19-20-10-11)6-7-14-16(23)21-15-12(5-4-8-18-15)17(24)22(14)2/h4-10,13H,3H2,1-2H3,(H,18,21)(H,19,20). The summed E-state index contributed by atoms with van der Waals surface area (Å²) in [5.74, 6) is 1.39. The molecule has 24 heavy (non-hydrogen) atoms. The summed E-state index contributed by atoms with van der Waals surface area (Å²) in [4.78, 5) is 21.0. The smallest absolute Gasteiger partial charge is 0.261 e. The van der Waals surface area contributed by atoms with Crippen molar-refractivity contribution in [2.45, 2.75) is 13.0 Å². The van der Waals surface area contributed by atoms with E-state index in [0.29, 0.717) is 11.4 Å². The van der Waals surface area contributed by atoms with Crippen molar-refractivity contribution in [2.24, 2.45) is 0 Å². The summed E-state index contributed by atoms with van der Waals surface area (Å²) < 4.78 is 0. The lowest BCUT2D eigenvalue weighted by molar-refractivity contribution is 0.0837. The van der Waals surface area contributed by atoms with Gasteiger partial charge in [-0.1, -0.05) is 6.08 Å². The summed E-state index contributed by atoms with van der Waals surface area (Å²) in [7, 11) is 1.79. The van der Waals surface area contributed by atoms with E-state index in [2.05, 4.69) is 38.4 Å². The number of hydrogen-bond acceptors (Lipinski definition) is 5. The van der Waals surface area contributed by atoms with Crippen molar-refractivity contribution >= 4 is 11.7 Å². The van der Waals surface area contributed by atoms with E-state index in [1.54, 1.807) is 30.3 Å². The summed E-state index contributed by atoms with van der Waals surface area (Å²) in [6, 6.07) is 3.62. The number of aromatic nitrogens is 3. The Morgan fingerprint density at radius 3 is 3.00 bits per heavy atom. The first-order chi connectivity index (χ1) is 11.7. The number of nitrogens with one attached hydrogen (secondary N) is 2. The minimum atomic E-state index is -0.0712. The number of likely N-dealkylation sites (N-methyl/N-ethyl adjacent to an activating group) is 2. The van der Waals surface area contributed by atoms with Gasteiger partial charge in [-0.15, -0.1) is 0 Å². The molecule has 1 atom stereocenters. The summed E-state index contributed by atoms with van der Waals surface area (Å²) in [6.45, 7) is 2.86. The topological polar surface area (TPSA) is 77.2 Å². The van der Waals surface area contributed by atoms with Crippen LogP contribution < -0.4 is 5.32 Å². The zero-order valence-electron chi connectivity index (χ0n) is 13.5. The van der Waals surface area contributed by atoms with Crippen LogP contribution in [0.1, 0.15) is 28.9 Å². The molecular weight excluding hydrogens is 304 g/mol. The second-order valence-corrected chi connectivity index (χ2v) is 5.74. The van der Waals surface area contributed by atoms with Gasteiger partial charge in [0.2, 0.25) is 0 Å². The lowest BCUT2D eigenvalue weighted by atomic mass is 10.0. The maximum Gasteiger partial charge on any atom is 0.261 e. The highest BCUT2D eigenvalue weighted by Crippen LogP contribution is 2.35. The molecule has 122 valence electrons. The maximum atomic E-state index is 12.7. The van der Waals surface area contributed by atoms with E-state index in [9.17, 15) is 4.79 Å². The maximum absolute atomic E-state index is 12.7. The molecule has 1 unspecified atom stereocenters. The van der Waals surface area contributed by atoms with E-state index < -0.39 is 0 Å². The molecule has 2 aliphatic rings. The molecule has 0 aromatic carbocycles. The van der Waals surface area contributed by atoms with Crippen LogP contribution in [0.2, 0.25) is 0 Å². The SMILES string of the molecule is CCN1C2=C(C=CC1c1cn[nH]c1)N(C)C(=O)c1cccnc1N2. The predicted octanol–water partition coefficient (Wildman–Crippen LogP) is 2.10. The number of aromatic amines is 1. The normalized spacial score (nSPS) is 19.8. The van der Waals surface area contributed by atoms with E-state index >= 15 is 0 Å². The number of fused-ring (bicyclic) bond motifs is 1. The van der Waals surface area contributed by atoms with Crippen molar-refractivity contribution < 1.29 is 4.79 Å². The summed E-state index contributed by atoms with van der Waals surface area (Å²) in [5.41, 5.74) is 2.47. The van der Waals surface area contributed by atoms with Gasteiger partial charge in [-0.25, -0.2) is 4.98 Å². The lowest BCUT2D eigenvalue weighted by Gasteiger charge is -2.37. The van der Waals surface area contributed by atoms with Crippen LogP contribution in [0, 0.1) is 0 Å². The van der Waals surface area contributed by atoms with Crippen LogP contribution in [0.3, 0.4) is 0 Å². The van der Waals surface area contributed by atoms with Crippen LogP contribution in [0.5, 0.6) is 0 Å². The second-order valence-electron chi connectivity index (χ2n) is 5.74. The fraction of sp³-hybridized carbons (Fsp3) is 0.235. The van der Waals surface area contributed by atoms with Gasteiger partial charge in [0, 0.05) is 31.5 Å². The summed E-state index contributed by atoms with van der Waals surface area (Å²) in [5, 5.41) is 10.3. The predicted molar refractivity (Wildman–Crippen MR) is 89.8 cm³/mol. The van der Waals surface area contributed by atoms with E-state index in [-0.39, 0.29) is 11.9 Å². The highest BCUT2D eigenvalue weighted by atomic mass is 16.2. The average Bonchev–Trinajstić information content (AvgIpc) is 3.11. The van der Waals surface area contributed by atoms with Crippen molar-refractivity contribution in [3.8, 4) is 0 Å². The minimum absolute atomic E-state index is 0.0498. The third-order valence-electron chi connectivity index (χ3n) is 4.44. The molecule has 0 radical (unpaired) electrons. The quantitative estimate of drug-likeness (QED) is 0.885. The van der Waals surface area contributed by atoms with Gasteiger partial charge in [-0.3, -0.25) is 9.89 Å². The molecule has 0 saturated heterocycles. The number of carbonyl (C=O) groups is 1. The number of hydrogen-bond donors (Lipinski definition) is 2. The Morgan fingerprint density at radius 2 is 2.25 bits per heavy atom. The highest BCUT2D eigenvalue weighted by molar-refractivity contribution is 6.01. The zero-order chi connectivity index (χ0) is 16.7. The Kier molecular flexibility index (Phi) is 3.34. The molecule has 2 aromatic heterocycles. The van der Waals surface area contributed by atoms with E-state index in [1.165, 1.54) is 0 Å². The van der Waals surface area contributed by atoms with E-state index in [1.807, 2.05) is 18.5 Å². The van der Waals surface area contributed by atoms with Gasteiger partial charge in [-0.05, 0) is 25.1 Å². The first-order valence-corrected chi connectivity index (χ1v) is 7.88. The molecule has 4 heterocycles. The van der Waals surface area contributed by atoms with Gasteiger partial charge in [0.05, 0.1) is 23.5 Å². The molecule has 0 aliphatic carbocycles. The number of rotatable bonds is 2. The molecular formula is C17H18N6O. The van der Waals surface area contributed by atoms with Gasteiger partial charge in [0.1, 0.15) is 11.6 Å². The van der Waals surface area contributed by atoms with Crippen LogP contribution in [0.15, 0.2) is 54.4 Å². The first-order valence-electron chi connectivity index (χ1n) is 7.88. The molecule has 7 nitrogen and oxygen atoms in total. The van der Waals surface area contributed by atoms with Crippen LogP contribution in [0.25, 0.3) is 0 Å². The van der Waals surface area contributed by atoms with Crippen LogP contribution in [0.4, 0.5) is 5.82 Å². The number of allylic oxidation sites excluding steroid dienone is 1. The van der Waals surface area contributed by atoms with Gasteiger partial charge in [0.25, 0.3) is 5.91 Å². The van der Waals surface area contributed by atoms with Crippen molar-refractivity contribution in [1.82, 2.24) is 25.0 Å². The number of carbonyl (C=O) groups excluding carboxylic acids is 1. The number of H-pyrrole nitrogens is 1. The number of pyridine rings is 1. The van der Waals surface area contributed by atoms with Crippen molar-refractivity contribution in [2.75, 3.05) is 18.9 Å². The Bertz CT molecular complexity index is 839. The molecule has 0 spiro atoms. The van der Waals surface area contributed by atoms with Crippen molar-refractivity contribution in [1.29, 1.82) is 0 Å². The Hall–Kier alpha value is -3.09. The summed E-state index contributed by atoms with van der Waals surface area (Å²) in [6.07, 6.45) is 9.47. The minimum Gasteiger partial charge on any atom is -0.346 e. The molecule has 0 fully saturated rings. The van der Waals surface area contributed by atoms with Crippen molar-refractivity contribution in [3.63, 3.8) is 0 Å². The van der Waals surface area contributed by atoms with Crippen molar-refractivity contribution in [3.05, 3.63) is 65.5 Å². The molecule has 1 amide bonds. The van der Waals surface area contributed by atoms with Gasteiger partial charge in [-0.2, -0.15) is 5.10 Å². The number of anilines is 1.